The number of amides is 2. The highest BCUT2D eigenvalue weighted by molar-refractivity contribution is 5.87. The SMILES string of the molecule is CC(=O)N[C@H](CC1CCC1)C(=O)N1CCC2(c3cccnc3)CC2C1. The van der Waals surface area contributed by atoms with Crippen LogP contribution in [-0.4, -0.2) is 40.8 Å². The Morgan fingerprint density at radius 2 is 2.28 bits per heavy atom. The second kappa shape index (κ2) is 6.43. The fourth-order valence-electron chi connectivity index (χ4n) is 4.72. The number of hydrogen-bond donors (Lipinski definition) is 1. The second-order valence-corrected chi connectivity index (χ2v) is 8.12. The van der Waals surface area contributed by atoms with Crippen LogP contribution in [0.2, 0.25) is 0 Å². The standard InChI is InChI=1S/C20H27N3O2/c1-14(24)22-18(10-15-4-2-5-15)19(25)23-9-7-20(11-17(20)13-23)16-6-3-8-21-12-16/h3,6,8,12,15,17-18H,2,4-5,7,9-11,13H2,1H3,(H,22,24)/t17?,18-,20?/m1/s1. The lowest BCUT2D eigenvalue weighted by atomic mass is 9.80. The van der Waals surface area contributed by atoms with Gasteiger partial charge in [-0.25, -0.2) is 0 Å². The lowest BCUT2D eigenvalue weighted by molar-refractivity contribution is -0.137. The van der Waals surface area contributed by atoms with Crippen molar-refractivity contribution in [3.05, 3.63) is 30.1 Å². The Morgan fingerprint density at radius 3 is 2.88 bits per heavy atom. The van der Waals surface area contributed by atoms with E-state index in [9.17, 15) is 9.59 Å². The Hall–Kier alpha value is -1.91. The van der Waals surface area contributed by atoms with Crippen molar-refractivity contribution in [2.75, 3.05) is 13.1 Å². The van der Waals surface area contributed by atoms with E-state index >= 15 is 0 Å². The van der Waals surface area contributed by atoms with Crippen molar-refractivity contribution in [3.63, 3.8) is 0 Å². The van der Waals surface area contributed by atoms with Crippen LogP contribution in [0.1, 0.15) is 51.0 Å². The van der Waals surface area contributed by atoms with E-state index in [0.29, 0.717) is 11.8 Å². The quantitative estimate of drug-likeness (QED) is 0.894. The first-order valence-corrected chi connectivity index (χ1v) is 9.55. The Kier molecular flexibility index (Phi) is 4.26. The van der Waals surface area contributed by atoms with Gasteiger partial charge in [-0.05, 0) is 42.7 Å². The van der Waals surface area contributed by atoms with Crippen LogP contribution in [0.25, 0.3) is 0 Å². The molecule has 0 radical (unpaired) electrons. The highest BCUT2D eigenvalue weighted by Crippen LogP contribution is 2.59. The molecular formula is C20H27N3O2. The van der Waals surface area contributed by atoms with E-state index < -0.39 is 0 Å². The van der Waals surface area contributed by atoms with Gasteiger partial charge in [-0.15, -0.1) is 0 Å². The van der Waals surface area contributed by atoms with Crippen LogP contribution in [-0.2, 0) is 15.0 Å². The number of rotatable bonds is 5. The zero-order chi connectivity index (χ0) is 17.4. The van der Waals surface area contributed by atoms with Crippen LogP contribution in [0.5, 0.6) is 0 Å². The van der Waals surface area contributed by atoms with Crippen molar-refractivity contribution in [3.8, 4) is 0 Å². The minimum atomic E-state index is -0.340. The van der Waals surface area contributed by atoms with Crippen molar-refractivity contribution >= 4 is 11.8 Å². The van der Waals surface area contributed by atoms with Gasteiger partial charge in [-0.1, -0.05) is 25.3 Å². The number of fused-ring (bicyclic) bond motifs is 1. The van der Waals surface area contributed by atoms with Crippen LogP contribution < -0.4 is 5.32 Å². The van der Waals surface area contributed by atoms with Gasteiger partial charge >= 0.3 is 0 Å². The summed E-state index contributed by atoms with van der Waals surface area (Å²) in [6, 6.07) is 3.83. The minimum absolute atomic E-state index is 0.106. The molecule has 25 heavy (non-hydrogen) atoms. The van der Waals surface area contributed by atoms with E-state index in [2.05, 4.69) is 16.4 Å². The number of hydrogen-bond acceptors (Lipinski definition) is 3. The number of likely N-dealkylation sites (tertiary alicyclic amines) is 1. The largest absolute Gasteiger partial charge is 0.345 e. The number of pyridine rings is 1. The summed E-state index contributed by atoms with van der Waals surface area (Å²) in [6.45, 7) is 3.10. The zero-order valence-electron chi connectivity index (χ0n) is 14.9. The van der Waals surface area contributed by atoms with Crippen LogP contribution in [0.15, 0.2) is 24.5 Å². The molecule has 1 aromatic heterocycles. The normalized spacial score (nSPS) is 29.3. The molecule has 2 amide bonds. The van der Waals surface area contributed by atoms with Crippen LogP contribution >= 0.6 is 0 Å². The Labute approximate surface area is 149 Å². The first-order valence-electron chi connectivity index (χ1n) is 9.55. The van der Waals surface area contributed by atoms with Gasteiger partial charge in [0.15, 0.2) is 0 Å². The molecule has 0 aromatic carbocycles. The minimum Gasteiger partial charge on any atom is -0.345 e. The van der Waals surface area contributed by atoms with Gasteiger partial charge in [0, 0.05) is 37.8 Å². The van der Waals surface area contributed by atoms with Gasteiger partial charge in [-0.2, -0.15) is 0 Å². The number of nitrogens with zero attached hydrogens (tertiary/aromatic N) is 2. The summed E-state index contributed by atoms with van der Waals surface area (Å²) >= 11 is 0. The van der Waals surface area contributed by atoms with Crippen molar-refractivity contribution in [2.45, 2.75) is 56.9 Å². The van der Waals surface area contributed by atoms with Gasteiger partial charge in [0.05, 0.1) is 0 Å². The summed E-state index contributed by atoms with van der Waals surface area (Å²) in [5, 5.41) is 2.91. The monoisotopic (exact) mass is 341 g/mol. The molecule has 1 aromatic rings. The van der Waals surface area contributed by atoms with E-state index in [1.165, 1.54) is 31.7 Å². The number of piperidine rings is 1. The third-order valence-electron chi connectivity index (χ3n) is 6.52. The molecule has 3 aliphatic rings. The van der Waals surface area contributed by atoms with E-state index in [1.54, 1.807) is 0 Å². The van der Waals surface area contributed by atoms with Gasteiger partial charge in [0.2, 0.25) is 11.8 Å². The molecule has 2 aliphatic carbocycles. The maximum Gasteiger partial charge on any atom is 0.245 e. The molecule has 2 unspecified atom stereocenters. The van der Waals surface area contributed by atoms with Crippen molar-refractivity contribution < 1.29 is 9.59 Å². The molecule has 1 saturated heterocycles. The maximum atomic E-state index is 13.0. The molecule has 2 saturated carbocycles. The number of nitrogens with one attached hydrogen (secondary N) is 1. The van der Waals surface area contributed by atoms with Crippen LogP contribution in [0.4, 0.5) is 0 Å². The molecule has 4 rings (SSSR count). The summed E-state index contributed by atoms with van der Waals surface area (Å²) in [4.78, 5) is 30.8. The average molecular weight is 341 g/mol. The molecule has 5 nitrogen and oxygen atoms in total. The lowest BCUT2D eigenvalue weighted by Crippen LogP contribution is -2.52. The molecular weight excluding hydrogens is 314 g/mol. The summed E-state index contributed by atoms with van der Waals surface area (Å²) in [7, 11) is 0. The topological polar surface area (TPSA) is 62.3 Å². The Balaban J connectivity index is 1.40. The van der Waals surface area contributed by atoms with E-state index in [-0.39, 0.29) is 23.3 Å². The molecule has 3 atom stereocenters. The highest BCUT2D eigenvalue weighted by atomic mass is 16.2. The predicted molar refractivity (Wildman–Crippen MR) is 94.8 cm³/mol. The average Bonchev–Trinajstić information content (AvgIpc) is 3.31. The van der Waals surface area contributed by atoms with Crippen molar-refractivity contribution in [2.24, 2.45) is 11.8 Å². The molecule has 134 valence electrons. The van der Waals surface area contributed by atoms with Gasteiger partial charge in [0.25, 0.3) is 0 Å². The van der Waals surface area contributed by atoms with Crippen molar-refractivity contribution in [1.82, 2.24) is 15.2 Å². The molecule has 5 heteroatoms. The number of carbonyl (C=O) groups is 2. The Morgan fingerprint density at radius 1 is 1.44 bits per heavy atom. The lowest BCUT2D eigenvalue weighted by Gasteiger charge is -2.36. The maximum absolute atomic E-state index is 13.0. The second-order valence-electron chi connectivity index (χ2n) is 8.12. The highest BCUT2D eigenvalue weighted by Gasteiger charge is 2.58. The number of aromatic nitrogens is 1. The van der Waals surface area contributed by atoms with Gasteiger partial charge in [0.1, 0.15) is 6.04 Å². The van der Waals surface area contributed by atoms with Gasteiger partial charge < -0.3 is 10.2 Å². The molecule has 2 heterocycles. The first-order chi connectivity index (χ1) is 12.1. The molecule has 3 fully saturated rings. The van der Waals surface area contributed by atoms with E-state index in [4.69, 9.17) is 0 Å². The summed E-state index contributed by atoms with van der Waals surface area (Å²) in [6.07, 6.45) is 10.4. The molecule has 0 bridgehead atoms. The first kappa shape index (κ1) is 16.6. The smallest absolute Gasteiger partial charge is 0.245 e. The predicted octanol–water partition coefficient (Wildman–Crippen LogP) is 2.27. The number of carbonyl (C=O) groups excluding carboxylic acids is 2. The van der Waals surface area contributed by atoms with Crippen molar-refractivity contribution in [1.29, 1.82) is 0 Å². The summed E-state index contributed by atoms with van der Waals surface area (Å²) in [5.41, 5.74) is 1.56. The third-order valence-corrected chi connectivity index (χ3v) is 6.52. The Bertz CT molecular complexity index is 658. The molecule has 1 N–H and O–H groups in total. The zero-order valence-corrected chi connectivity index (χ0v) is 14.9. The van der Waals surface area contributed by atoms with E-state index in [1.807, 2.05) is 23.4 Å². The fraction of sp³-hybridized carbons (Fsp3) is 0.650. The summed E-state index contributed by atoms with van der Waals surface area (Å²) in [5.74, 6) is 1.15. The third kappa shape index (κ3) is 3.16. The summed E-state index contributed by atoms with van der Waals surface area (Å²) < 4.78 is 0. The molecule has 1 aliphatic heterocycles. The van der Waals surface area contributed by atoms with Gasteiger partial charge in [-0.3, -0.25) is 14.6 Å². The van der Waals surface area contributed by atoms with E-state index in [0.717, 1.165) is 32.4 Å². The van der Waals surface area contributed by atoms with Crippen LogP contribution in [0.3, 0.4) is 0 Å². The van der Waals surface area contributed by atoms with Crippen LogP contribution in [0, 0.1) is 11.8 Å². The molecule has 0 spiro atoms. The fourth-order valence-corrected chi connectivity index (χ4v) is 4.72.